The Hall–Kier alpha value is -4.26. The van der Waals surface area contributed by atoms with Crippen molar-refractivity contribution in [1.29, 1.82) is 5.26 Å². The van der Waals surface area contributed by atoms with Crippen LogP contribution in [0.1, 0.15) is 42.6 Å². The zero-order valence-corrected chi connectivity index (χ0v) is 19.0. The monoisotopic (exact) mass is 436 g/mol. The summed E-state index contributed by atoms with van der Waals surface area (Å²) in [5, 5.41) is 20.6. The first-order valence-corrected chi connectivity index (χ1v) is 10.8. The van der Waals surface area contributed by atoms with Gasteiger partial charge in [0.05, 0.1) is 11.8 Å². The van der Waals surface area contributed by atoms with Crippen LogP contribution in [0.3, 0.4) is 0 Å². The Morgan fingerprint density at radius 3 is 2.30 bits per heavy atom. The highest BCUT2D eigenvalue weighted by molar-refractivity contribution is 5.86. The first-order chi connectivity index (χ1) is 16.0. The van der Waals surface area contributed by atoms with Crippen LogP contribution < -0.4 is 16.0 Å². The van der Waals surface area contributed by atoms with E-state index in [0.717, 1.165) is 16.8 Å². The Balaban J connectivity index is 1.80. The summed E-state index contributed by atoms with van der Waals surface area (Å²) in [6.45, 7) is 12.2. The third-order valence-corrected chi connectivity index (χ3v) is 5.58. The molecule has 5 heteroatoms. The van der Waals surface area contributed by atoms with Crippen LogP contribution in [0.2, 0.25) is 0 Å². The van der Waals surface area contributed by atoms with E-state index in [1.807, 2.05) is 55.3 Å². The number of nitrogens with zero attached hydrogens (tertiary/aromatic N) is 1. The fourth-order valence-electron chi connectivity index (χ4n) is 3.90. The number of hydrogen-bond donors (Lipinski definition) is 3. The molecular formula is C28H28N4O. The predicted molar refractivity (Wildman–Crippen MR) is 134 cm³/mol. The van der Waals surface area contributed by atoms with E-state index in [0.29, 0.717) is 5.70 Å². The lowest BCUT2D eigenvalue weighted by Crippen LogP contribution is -2.27. The van der Waals surface area contributed by atoms with E-state index < -0.39 is 0 Å². The highest BCUT2D eigenvalue weighted by atomic mass is 16.1. The van der Waals surface area contributed by atoms with Gasteiger partial charge in [-0.25, -0.2) is 4.79 Å². The molecule has 0 fully saturated rings. The van der Waals surface area contributed by atoms with E-state index in [1.54, 1.807) is 0 Å². The molecule has 0 amide bonds. The minimum absolute atomic E-state index is 0.0420. The molecule has 0 aliphatic rings. The highest BCUT2D eigenvalue weighted by Crippen LogP contribution is 2.28. The Bertz CT molecular complexity index is 1260. The van der Waals surface area contributed by atoms with Crippen molar-refractivity contribution in [2.75, 3.05) is 6.54 Å². The summed E-state index contributed by atoms with van der Waals surface area (Å²) in [5.41, 5.74) is 4.43. The lowest BCUT2D eigenvalue weighted by atomic mass is 9.96. The summed E-state index contributed by atoms with van der Waals surface area (Å²) in [6, 6.07) is 24.3. The van der Waals surface area contributed by atoms with Gasteiger partial charge in [-0.3, -0.25) is 0 Å². The van der Waals surface area contributed by atoms with E-state index in [2.05, 4.69) is 66.4 Å². The topological polar surface area (TPSA) is 77.0 Å². The number of benzene rings is 3. The van der Waals surface area contributed by atoms with Crippen molar-refractivity contribution in [2.45, 2.75) is 25.9 Å². The Morgan fingerprint density at radius 2 is 1.55 bits per heavy atom. The fraction of sp³-hybridized carbons (Fsp3) is 0.179. The Labute approximate surface area is 195 Å². The average Bonchev–Trinajstić information content (AvgIpc) is 2.85. The van der Waals surface area contributed by atoms with Crippen LogP contribution in [0, 0.1) is 11.3 Å². The molecule has 0 aliphatic carbocycles. The van der Waals surface area contributed by atoms with Gasteiger partial charge >= 0.3 is 0 Å². The van der Waals surface area contributed by atoms with Gasteiger partial charge in [-0.05, 0) is 35.7 Å². The minimum atomic E-state index is -0.218. The maximum absolute atomic E-state index is 11.5. The van der Waals surface area contributed by atoms with E-state index in [9.17, 15) is 4.79 Å². The summed E-state index contributed by atoms with van der Waals surface area (Å²) in [5.74, 6) is 1.88. The number of fused-ring (bicyclic) bond motifs is 1. The summed E-state index contributed by atoms with van der Waals surface area (Å²) in [7, 11) is 0. The molecule has 0 aromatic heterocycles. The number of nitriles is 1. The van der Waals surface area contributed by atoms with Gasteiger partial charge in [-0.15, -0.1) is 0 Å². The van der Waals surface area contributed by atoms with E-state index >= 15 is 0 Å². The van der Waals surface area contributed by atoms with Crippen LogP contribution in [-0.2, 0) is 4.79 Å². The number of rotatable bonds is 10. The van der Waals surface area contributed by atoms with Crippen molar-refractivity contribution in [2.24, 2.45) is 0 Å². The first-order valence-electron chi connectivity index (χ1n) is 10.8. The second kappa shape index (κ2) is 10.9. The number of carbonyl (C=O) groups excluding carboxylic acids is 1. The van der Waals surface area contributed by atoms with Crippen molar-refractivity contribution < 1.29 is 4.79 Å². The van der Waals surface area contributed by atoms with Crippen LogP contribution in [0.15, 0.2) is 91.3 Å². The normalized spacial score (nSPS) is 12.0. The molecule has 0 radical (unpaired) electrons. The molecule has 0 saturated heterocycles. The van der Waals surface area contributed by atoms with E-state index in [4.69, 9.17) is 5.26 Å². The molecule has 2 atom stereocenters. The third-order valence-electron chi connectivity index (χ3n) is 5.58. The van der Waals surface area contributed by atoms with Gasteiger partial charge in [0.15, 0.2) is 5.94 Å². The van der Waals surface area contributed by atoms with Gasteiger partial charge < -0.3 is 16.0 Å². The molecule has 3 aromatic rings. The molecule has 1 unspecified atom stereocenters. The molecule has 3 N–H and O–H groups in total. The van der Waals surface area contributed by atoms with Crippen LogP contribution in [0.5, 0.6) is 0 Å². The largest absolute Gasteiger partial charge is 0.378 e. The fourth-order valence-corrected chi connectivity index (χ4v) is 3.90. The second-order valence-electron chi connectivity index (χ2n) is 7.83. The Morgan fingerprint density at radius 1 is 0.909 bits per heavy atom. The molecule has 0 saturated carbocycles. The molecule has 5 nitrogen and oxygen atoms in total. The summed E-state index contributed by atoms with van der Waals surface area (Å²) in [6.07, 6.45) is 0. The average molecular weight is 437 g/mol. The van der Waals surface area contributed by atoms with Crippen LogP contribution in [0.25, 0.3) is 16.5 Å². The Kier molecular flexibility index (Phi) is 7.70. The van der Waals surface area contributed by atoms with Gasteiger partial charge in [0.1, 0.15) is 12.2 Å². The number of nitrogens with one attached hydrogen (secondary N) is 3. The zero-order valence-electron chi connectivity index (χ0n) is 19.0. The van der Waals surface area contributed by atoms with Crippen LogP contribution >= 0.6 is 0 Å². The second-order valence-corrected chi connectivity index (χ2v) is 7.83. The number of hydrogen-bond acceptors (Lipinski definition) is 5. The van der Waals surface area contributed by atoms with Crippen molar-refractivity contribution in [3.05, 3.63) is 108 Å². The highest BCUT2D eigenvalue weighted by Gasteiger charge is 2.17. The van der Waals surface area contributed by atoms with E-state index in [-0.39, 0.29) is 24.3 Å². The summed E-state index contributed by atoms with van der Waals surface area (Å²) < 4.78 is 0. The zero-order chi connectivity index (χ0) is 23.8. The maximum atomic E-state index is 11.5. The standard InChI is InChI=1S/C28H28N4O/c1-19(31-20(2)26-15-9-11-23-10-5-6-14-27(23)26)24-12-7-8-13-25(24)21(3)32-28(18-33)22(4)30-17-16-29/h5-15,20-21,30-32H,1,4,17H2,2-3H3/t20-,21?/m1/s1. The molecule has 0 spiro atoms. The van der Waals surface area contributed by atoms with Crippen molar-refractivity contribution in [3.8, 4) is 6.07 Å². The molecule has 3 aromatic carbocycles. The quantitative estimate of drug-likeness (QED) is 0.233. The van der Waals surface area contributed by atoms with Crippen LogP contribution in [-0.4, -0.2) is 12.5 Å². The molecule has 0 heterocycles. The summed E-state index contributed by atoms with van der Waals surface area (Å²) in [4.78, 5) is 11.5. The van der Waals surface area contributed by atoms with Gasteiger partial charge in [-0.1, -0.05) is 79.9 Å². The SMILES string of the molecule is C=C(NCC#N)C(=C=O)NC(C)c1ccccc1C(=C)N[C@H](C)c1cccc2ccccc12. The lowest BCUT2D eigenvalue weighted by molar-refractivity contribution is 0.560. The molecule has 0 aliphatic heterocycles. The maximum Gasteiger partial charge on any atom is 0.152 e. The van der Waals surface area contributed by atoms with Gasteiger partial charge in [0, 0.05) is 23.3 Å². The van der Waals surface area contributed by atoms with Gasteiger partial charge in [0.2, 0.25) is 0 Å². The van der Waals surface area contributed by atoms with Crippen molar-refractivity contribution in [3.63, 3.8) is 0 Å². The van der Waals surface area contributed by atoms with Gasteiger partial charge in [0.25, 0.3) is 0 Å². The van der Waals surface area contributed by atoms with Crippen molar-refractivity contribution in [1.82, 2.24) is 16.0 Å². The smallest absolute Gasteiger partial charge is 0.152 e. The van der Waals surface area contributed by atoms with Crippen molar-refractivity contribution >= 4 is 22.4 Å². The third kappa shape index (κ3) is 5.51. The minimum Gasteiger partial charge on any atom is -0.378 e. The predicted octanol–water partition coefficient (Wildman–Crippen LogP) is 5.15. The first kappa shape index (κ1) is 23.4. The molecular weight excluding hydrogens is 408 g/mol. The van der Waals surface area contributed by atoms with E-state index in [1.165, 1.54) is 16.3 Å². The summed E-state index contributed by atoms with van der Waals surface area (Å²) >= 11 is 0. The molecule has 0 bridgehead atoms. The lowest BCUT2D eigenvalue weighted by Gasteiger charge is -2.24. The molecule has 33 heavy (non-hydrogen) atoms. The molecule has 3 rings (SSSR count). The van der Waals surface area contributed by atoms with Gasteiger partial charge in [-0.2, -0.15) is 5.26 Å². The molecule has 166 valence electrons. The van der Waals surface area contributed by atoms with Crippen LogP contribution in [0.4, 0.5) is 0 Å².